The van der Waals surface area contributed by atoms with Gasteiger partial charge in [0.1, 0.15) is 0 Å². The summed E-state index contributed by atoms with van der Waals surface area (Å²) in [4.78, 5) is 12.1. The Morgan fingerprint density at radius 1 is 1.16 bits per heavy atom. The third-order valence-corrected chi connectivity index (χ3v) is 6.11. The molecular weight excluding hydrogens is 314 g/mol. The average molecular weight is 352 g/mol. The molecule has 0 bridgehead atoms. The van der Waals surface area contributed by atoms with Crippen molar-refractivity contribution < 1.29 is 4.74 Å². The average Bonchev–Trinajstić information content (AvgIpc) is 3.32. The van der Waals surface area contributed by atoms with E-state index >= 15 is 0 Å². The highest BCUT2D eigenvalue weighted by Gasteiger charge is 2.27. The van der Waals surface area contributed by atoms with Crippen LogP contribution in [0.1, 0.15) is 32.1 Å². The summed E-state index contributed by atoms with van der Waals surface area (Å²) >= 11 is 0. The maximum absolute atomic E-state index is 5.46. The Morgan fingerprint density at radius 3 is 2.64 bits per heavy atom. The van der Waals surface area contributed by atoms with Crippen molar-refractivity contribution in [3.05, 3.63) is 0 Å². The first-order valence-electron chi connectivity index (χ1n) is 10.2. The van der Waals surface area contributed by atoms with Gasteiger partial charge in [-0.05, 0) is 32.2 Å². The predicted octanol–water partition coefficient (Wildman–Crippen LogP) is 1.09. The van der Waals surface area contributed by atoms with Crippen LogP contribution >= 0.6 is 0 Å². The molecule has 0 spiro atoms. The van der Waals surface area contributed by atoms with Gasteiger partial charge in [-0.1, -0.05) is 12.8 Å². The topological polar surface area (TPSA) is 43.3 Å². The van der Waals surface area contributed by atoms with Gasteiger partial charge in [0.2, 0.25) is 0 Å². The summed E-state index contributed by atoms with van der Waals surface area (Å²) in [6, 6.07) is 0.800. The number of rotatable bonds is 6. The molecule has 3 aliphatic rings. The van der Waals surface area contributed by atoms with E-state index < -0.39 is 0 Å². The number of nitrogens with one attached hydrogen (secondary N) is 1. The molecule has 1 saturated carbocycles. The summed E-state index contributed by atoms with van der Waals surface area (Å²) in [5, 5.41) is 3.59. The van der Waals surface area contributed by atoms with Crippen molar-refractivity contribution in [2.45, 2.75) is 38.1 Å². The Morgan fingerprint density at radius 2 is 1.92 bits per heavy atom. The highest BCUT2D eigenvalue weighted by atomic mass is 16.5. The van der Waals surface area contributed by atoms with E-state index in [0.29, 0.717) is 0 Å². The highest BCUT2D eigenvalue weighted by Crippen LogP contribution is 2.22. The Balaban J connectivity index is 1.36. The second kappa shape index (κ2) is 9.74. The van der Waals surface area contributed by atoms with E-state index in [4.69, 9.17) is 4.74 Å². The van der Waals surface area contributed by atoms with Crippen molar-refractivity contribution in [2.75, 3.05) is 73.1 Å². The van der Waals surface area contributed by atoms with Crippen molar-refractivity contribution in [2.24, 2.45) is 10.9 Å². The third kappa shape index (κ3) is 5.56. The quantitative estimate of drug-likeness (QED) is 0.573. The van der Waals surface area contributed by atoms with Gasteiger partial charge in [-0.3, -0.25) is 9.89 Å². The number of hydrogen-bond donors (Lipinski definition) is 1. The van der Waals surface area contributed by atoms with E-state index in [1.165, 1.54) is 38.6 Å². The van der Waals surface area contributed by atoms with Gasteiger partial charge in [-0.2, -0.15) is 0 Å². The summed E-state index contributed by atoms with van der Waals surface area (Å²) in [5.41, 5.74) is 0. The molecule has 0 aromatic rings. The van der Waals surface area contributed by atoms with Crippen molar-refractivity contribution in [1.29, 1.82) is 0 Å². The van der Waals surface area contributed by atoms with Crippen LogP contribution in [0.25, 0.3) is 0 Å². The number of aliphatic imine (C=N–C) groups is 1. The first kappa shape index (κ1) is 18.9. The van der Waals surface area contributed by atoms with Gasteiger partial charge >= 0.3 is 0 Å². The van der Waals surface area contributed by atoms with Gasteiger partial charge in [-0.25, -0.2) is 0 Å². The molecule has 0 aromatic heterocycles. The van der Waals surface area contributed by atoms with E-state index in [2.05, 4.69) is 32.1 Å². The Bertz CT molecular complexity index is 418. The first-order chi connectivity index (χ1) is 12.3. The molecule has 1 atom stereocenters. The van der Waals surface area contributed by atoms with E-state index in [-0.39, 0.29) is 0 Å². The molecule has 1 unspecified atom stereocenters. The van der Waals surface area contributed by atoms with Crippen molar-refractivity contribution in [3.63, 3.8) is 0 Å². The fraction of sp³-hybridized carbons (Fsp3) is 0.947. The molecule has 25 heavy (non-hydrogen) atoms. The fourth-order valence-electron chi connectivity index (χ4n) is 4.53. The number of likely N-dealkylation sites (N-methyl/N-ethyl adjacent to an activating group) is 1. The molecule has 2 heterocycles. The number of likely N-dealkylation sites (tertiary alicyclic amines) is 1. The molecule has 3 fully saturated rings. The van der Waals surface area contributed by atoms with Crippen LogP contribution in [0.2, 0.25) is 0 Å². The lowest BCUT2D eigenvalue weighted by Gasteiger charge is -2.29. The molecule has 1 aliphatic carbocycles. The van der Waals surface area contributed by atoms with Gasteiger partial charge in [0, 0.05) is 58.9 Å². The van der Waals surface area contributed by atoms with E-state index in [1.54, 1.807) is 0 Å². The van der Waals surface area contributed by atoms with Crippen LogP contribution in [-0.4, -0.2) is 99.8 Å². The number of hydrogen-bond acceptors (Lipinski definition) is 4. The molecular formula is C19H37N5O. The molecule has 0 aromatic carbocycles. The van der Waals surface area contributed by atoms with Crippen LogP contribution in [0, 0.1) is 5.92 Å². The lowest BCUT2D eigenvalue weighted by molar-refractivity contribution is 0.0315. The standard InChI is InChI=1S/C19H37N5O/c1-20-19(21-8-10-22(2)18-5-3-4-6-18)24-9-7-17(16-24)15-23-11-13-25-14-12-23/h17-18H,3-16H2,1-2H3,(H,20,21). The lowest BCUT2D eigenvalue weighted by atomic mass is 10.1. The summed E-state index contributed by atoms with van der Waals surface area (Å²) in [6.07, 6.45) is 6.84. The molecule has 3 rings (SSSR count). The van der Waals surface area contributed by atoms with Crippen molar-refractivity contribution in [1.82, 2.24) is 20.0 Å². The molecule has 0 amide bonds. The van der Waals surface area contributed by atoms with Crippen LogP contribution in [0.15, 0.2) is 4.99 Å². The minimum Gasteiger partial charge on any atom is -0.379 e. The monoisotopic (exact) mass is 351 g/mol. The summed E-state index contributed by atoms with van der Waals surface area (Å²) in [6.45, 7) is 9.55. The van der Waals surface area contributed by atoms with Gasteiger partial charge in [0.05, 0.1) is 13.2 Å². The van der Waals surface area contributed by atoms with Crippen LogP contribution in [0.4, 0.5) is 0 Å². The van der Waals surface area contributed by atoms with Crippen molar-refractivity contribution in [3.8, 4) is 0 Å². The van der Waals surface area contributed by atoms with Crippen LogP contribution in [-0.2, 0) is 4.74 Å². The van der Waals surface area contributed by atoms with Crippen molar-refractivity contribution >= 4 is 5.96 Å². The number of ether oxygens (including phenoxy) is 1. The Labute approximate surface area is 153 Å². The van der Waals surface area contributed by atoms with Crippen LogP contribution in [0.3, 0.4) is 0 Å². The zero-order valence-corrected chi connectivity index (χ0v) is 16.3. The fourth-order valence-corrected chi connectivity index (χ4v) is 4.53. The number of guanidine groups is 1. The zero-order chi connectivity index (χ0) is 17.5. The van der Waals surface area contributed by atoms with Crippen LogP contribution < -0.4 is 5.32 Å². The number of morpholine rings is 1. The zero-order valence-electron chi connectivity index (χ0n) is 16.3. The maximum Gasteiger partial charge on any atom is 0.193 e. The Kier molecular flexibility index (Phi) is 7.37. The predicted molar refractivity (Wildman–Crippen MR) is 103 cm³/mol. The SMILES string of the molecule is CN=C(NCCN(C)C1CCCC1)N1CCC(CN2CCOCC2)C1. The second-order valence-corrected chi connectivity index (χ2v) is 7.91. The minimum atomic E-state index is 0.762. The highest BCUT2D eigenvalue weighted by molar-refractivity contribution is 5.80. The van der Waals surface area contributed by atoms with E-state index in [1.807, 2.05) is 7.05 Å². The largest absolute Gasteiger partial charge is 0.379 e. The first-order valence-corrected chi connectivity index (χ1v) is 10.2. The third-order valence-electron chi connectivity index (χ3n) is 6.11. The van der Waals surface area contributed by atoms with E-state index in [9.17, 15) is 0 Å². The van der Waals surface area contributed by atoms with Gasteiger partial charge < -0.3 is 19.9 Å². The minimum absolute atomic E-state index is 0.762. The molecule has 1 N–H and O–H groups in total. The molecule has 0 radical (unpaired) electrons. The lowest BCUT2D eigenvalue weighted by Crippen LogP contribution is -2.44. The molecule has 6 nitrogen and oxygen atoms in total. The van der Waals surface area contributed by atoms with Gasteiger partial charge in [0.25, 0.3) is 0 Å². The van der Waals surface area contributed by atoms with Crippen LogP contribution in [0.5, 0.6) is 0 Å². The van der Waals surface area contributed by atoms with Gasteiger partial charge in [0.15, 0.2) is 5.96 Å². The Hall–Kier alpha value is -0.850. The maximum atomic E-state index is 5.46. The number of nitrogens with zero attached hydrogens (tertiary/aromatic N) is 4. The van der Waals surface area contributed by atoms with E-state index in [0.717, 1.165) is 70.4 Å². The normalized spacial score (nSPS) is 26.8. The molecule has 144 valence electrons. The summed E-state index contributed by atoms with van der Waals surface area (Å²) < 4.78 is 5.46. The second-order valence-electron chi connectivity index (χ2n) is 7.91. The molecule has 6 heteroatoms. The van der Waals surface area contributed by atoms with Gasteiger partial charge in [-0.15, -0.1) is 0 Å². The smallest absolute Gasteiger partial charge is 0.193 e. The molecule has 2 aliphatic heterocycles. The molecule has 2 saturated heterocycles. The summed E-state index contributed by atoms with van der Waals surface area (Å²) in [7, 11) is 4.19. The summed E-state index contributed by atoms with van der Waals surface area (Å²) in [5.74, 6) is 1.85.